The van der Waals surface area contributed by atoms with Gasteiger partial charge >= 0.3 is 5.63 Å². The van der Waals surface area contributed by atoms with Crippen molar-refractivity contribution in [1.82, 2.24) is 10.2 Å². The highest BCUT2D eigenvalue weighted by atomic mass is 16.5. The van der Waals surface area contributed by atoms with Crippen molar-refractivity contribution in [3.63, 3.8) is 0 Å². The zero-order valence-corrected chi connectivity index (χ0v) is 17.0. The molecule has 7 heteroatoms. The Morgan fingerprint density at radius 2 is 1.94 bits per heavy atom. The predicted octanol–water partition coefficient (Wildman–Crippen LogP) is 2.50. The summed E-state index contributed by atoms with van der Waals surface area (Å²) in [5, 5.41) is 3.87. The van der Waals surface area contributed by atoms with Gasteiger partial charge in [-0.25, -0.2) is 4.79 Å². The number of amides is 1. The third-order valence-electron chi connectivity index (χ3n) is 5.92. The van der Waals surface area contributed by atoms with E-state index in [1.165, 1.54) is 11.6 Å². The summed E-state index contributed by atoms with van der Waals surface area (Å²) in [7, 11) is 0. The van der Waals surface area contributed by atoms with Crippen LogP contribution in [0.5, 0.6) is 5.75 Å². The van der Waals surface area contributed by atoms with Crippen molar-refractivity contribution < 1.29 is 18.7 Å². The molecule has 160 valence electrons. The van der Waals surface area contributed by atoms with E-state index in [0.717, 1.165) is 24.9 Å². The number of benzene rings is 2. The number of carbonyl (C=O) groups excluding carboxylic acids is 1. The van der Waals surface area contributed by atoms with Crippen LogP contribution in [0.15, 0.2) is 69.9 Å². The molecule has 0 bridgehead atoms. The van der Waals surface area contributed by atoms with Crippen LogP contribution < -0.4 is 15.7 Å². The number of fused-ring (bicyclic) bond motifs is 2. The highest BCUT2D eigenvalue weighted by Gasteiger charge is 2.38. The van der Waals surface area contributed by atoms with E-state index in [-0.39, 0.29) is 24.7 Å². The van der Waals surface area contributed by atoms with Crippen molar-refractivity contribution >= 4 is 16.9 Å². The largest absolute Gasteiger partial charge is 0.484 e. The highest BCUT2D eigenvalue weighted by Crippen LogP contribution is 2.30. The van der Waals surface area contributed by atoms with Crippen molar-refractivity contribution in [1.29, 1.82) is 0 Å². The van der Waals surface area contributed by atoms with Crippen molar-refractivity contribution in [2.75, 3.05) is 26.3 Å². The first-order valence-electron chi connectivity index (χ1n) is 10.5. The quantitative estimate of drug-likeness (QED) is 0.639. The zero-order valence-electron chi connectivity index (χ0n) is 17.0. The van der Waals surface area contributed by atoms with Crippen molar-refractivity contribution in [3.8, 4) is 5.75 Å². The van der Waals surface area contributed by atoms with Gasteiger partial charge in [0.05, 0.1) is 12.7 Å². The summed E-state index contributed by atoms with van der Waals surface area (Å²) in [5.41, 5.74) is 1.21. The normalized spacial score (nSPS) is 23.4. The molecule has 0 radical (unpaired) electrons. The first kappa shape index (κ1) is 19.8. The van der Waals surface area contributed by atoms with E-state index in [4.69, 9.17) is 13.9 Å². The maximum atomic E-state index is 12.4. The molecular formula is C24H24N2O5. The molecule has 0 saturated carbocycles. The molecule has 0 unspecified atom stereocenters. The smallest absolute Gasteiger partial charge is 0.336 e. The fourth-order valence-electron chi connectivity index (χ4n) is 4.40. The molecule has 3 atom stereocenters. The molecule has 7 nitrogen and oxygen atoms in total. The van der Waals surface area contributed by atoms with Gasteiger partial charge in [-0.05, 0) is 30.2 Å². The third-order valence-corrected chi connectivity index (χ3v) is 5.92. The average Bonchev–Trinajstić information content (AvgIpc) is 3.19. The minimum Gasteiger partial charge on any atom is -0.484 e. The minimum absolute atomic E-state index is 0.0724. The highest BCUT2D eigenvalue weighted by molar-refractivity contribution is 5.79. The van der Waals surface area contributed by atoms with Crippen LogP contribution in [0.1, 0.15) is 18.1 Å². The first-order chi connectivity index (χ1) is 15.1. The van der Waals surface area contributed by atoms with Gasteiger partial charge in [0.1, 0.15) is 11.3 Å². The lowest BCUT2D eigenvalue weighted by atomic mass is 10.1. The van der Waals surface area contributed by atoms with E-state index in [1.54, 1.807) is 24.3 Å². The minimum atomic E-state index is -0.418. The molecule has 1 amide bonds. The number of carbonyl (C=O) groups is 1. The second-order valence-electron chi connectivity index (χ2n) is 8.08. The van der Waals surface area contributed by atoms with E-state index < -0.39 is 5.63 Å². The maximum Gasteiger partial charge on any atom is 0.336 e. The summed E-state index contributed by atoms with van der Waals surface area (Å²) >= 11 is 0. The third kappa shape index (κ3) is 4.47. The van der Waals surface area contributed by atoms with Gasteiger partial charge in [-0.2, -0.15) is 0 Å². The summed E-state index contributed by atoms with van der Waals surface area (Å²) in [6, 6.07) is 18.9. The van der Waals surface area contributed by atoms with E-state index in [1.807, 2.05) is 18.2 Å². The monoisotopic (exact) mass is 420 g/mol. The van der Waals surface area contributed by atoms with Crippen LogP contribution >= 0.6 is 0 Å². The van der Waals surface area contributed by atoms with Gasteiger partial charge in [0.15, 0.2) is 6.61 Å². The van der Waals surface area contributed by atoms with Gasteiger partial charge in [0, 0.05) is 42.7 Å². The molecule has 2 aliphatic heterocycles. The van der Waals surface area contributed by atoms with Crippen LogP contribution in [0.25, 0.3) is 11.0 Å². The van der Waals surface area contributed by atoms with Gasteiger partial charge in [-0.15, -0.1) is 0 Å². The van der Waals surface area contributed by atoms with Gasteiger partial charge in [-0.3, -0.25) is 9.69 Å². The van der Waals surface area contributed by atoms with Crippen molar-refractivity contribution in [2.45, 2.75) is 24.6 Å². The van der Waals surface area contributed by atoms with Crippen LogP contribution in [0.3, 0.4) is 0 Å². The summed E-state index contributed by atoms with van der Waals surface area (Å²) in [4.78, 5) is 26.2. The van der Waals surface area contributed by atoms with Crippen molar-refractivity contribution in [3.05, 3.63) is 76.6 Å². The number of nitrogens with one attached hydrogen (secondary N) is 1. The second-order valence-corrected chi connectivity index (χ2v) is 8.08. The Balaban J connectivity index is 1.14. The average molecular weight is 420 g/mol. The zero-order chi connectivity index (χ0) is 21.2. The van der Waals surface area contributed by atoms with Gasteiger partial charge in [0.25, 0.3) is 5.91 Å². The molecule has 2 aromatic carbocycles. The molecule has 3 aromatic rings. The Morgan fingerprint density at radius 1 is 1.10 bits per heavy atom. The van der Waals surface area contributed by atoms with E-state index in [2.05, 4.69) is 22.3 Å². The van der Waals surface area contributed by atoms with E-state index in [9.17, 15) is 9.59 Å². The SMILES string of the molecule is O=C(COc1ccc2ccc(=O)oc2c1)N[C@@H]1C[C@H]2CO[C@@H](c3ccccc3)CN2C1. The fraction of sp³-hybridized carbons (Fsp3) is 0.333. The molecule has 1 aromatic heterocycles. The molecule has 0 aliphatic carbocycles. The molecule has 31 heavy (non-hydrogen) atoms. The summed E-state index contributed by atoms with van der Waals surface area (Å²) in [5.74, 6) is 0.319. The number of nitrogens with zero attached hydrogens (tertiary/aromatic N) is 1. The molecule has 2 fully saturated rings. The first-order valence-corrected chi connectivity index (χ1v) is 10.5. The lowest BCUT2D eigenvalue weighted by Crippen LogP contribution is -2.43. The molecule has 0 spiro atoms. The standard InChI is InChI=1S/C24H24N2O5/c27-23(15-29-20-8-6-17-7-9-24(28)31-21(17)11-20)25-18-10-19-14-30-22(13-26(19)12-18)16-4-2-1-3-5-16/h1-9,11,18-19,22H,10,12-15H2,(H,25,27)/t18-,19+,22-/m1/s1. The predicted molar refractivity (Wildman–Crippen MR) is 115 cm³/mol. The Morgan fingerprint density at radius 3 is 2.81 bits per heavy atom. The number of hydrogen-bond donors (Lipinski definition) is 1. The van der Waals surface area contributed by atoms with Crippen LogP contribution in [0.2, 0.25) is 0 Å². The number of rotatable bonds is 5. The van der Waals surface area contributed by atoms with E-state index >= 15 is 0 Å². The molecule has 1 N–H and O–H groups in total. The summed E-state index contributed by atoms with van der Waals surface area (Å²) in [6.07, 6.45) is 0.942. The van der Waals surface area contributed by atoms with Gasteiger partial charge < -0.3 is 19.2 Å². The van der Waals surface area contributed by atoms with Crippen LogP contribution in [-0.2, 0) is 9.53 Å². The van der Waals surface area contributed by atoms with Gasteiger partial charge in [-0.1, -0.05) is 30.3 Å². The lowest BCUT2D eigenvalue weighted by molar-refractivity contribution is -0.123. The summed E-state index contributed by atoms with van der Waals surface area (Å²) in [6.45, 7) is 2.22. The van der Waals surface area contributed by atoms with E-state index in [0.29, 0.717) is 24.0 Å². The Labute approximate surface area is 179 Å². The Bertz CT molecular complexity index is 1130. The molecule has 2 aliphatic rings. The lowest BCUT2D eigenvalue weighted by Gasteiger charge is -2.35. The maximum absolute atomic E-state index is 12.4. The molecule has 2 saturated heterocycles. The topological polar surface area (TPSA) is 81.0 Å². The number of hydrogen-bond acceptors (Lipinski definition) is 6. The number of ether oxygens (including phenoxy) is 2. The second kappa shape index (κ2) is 8.53. The Kier molecular flexibility index (Phi) is 5.44. The molecular weight excluding hydrogens is 396 g/mol. The van der Waals surface area contributed by atoms with Crippen LogP contribution in [-0.4, -0.2) is 49.2 Å². The Hall–Kier alpha value is -3.16. The van der Waals surface area contributed by atoms with Crippen LogP contribution in [0.4, 0.5) is 0 Å². The fourth-order valence-corrected chi connectivity index (χ4v) is 4.40. The number of morpholine rings is 1. The van der Waals surface area contributed by atoms with Crippen LogP contribution in [0, 0.1) is 0 Å². The van der Waals surface area contributed by atoms with Gasteiger partial charge in [0.2, 0.25) is 0 Å². The van der Waals surface area contributed by atoms with Crippen molar-refractivity contribution in [2.24, 2.45) is 0 Å². The molecule has 5 rings (SSSR count). The molecule has 3 heterocycles. The summed E-state index contributed by atoms with van der Waals surface area (Å²) < 4.78 is 16.8.